The van der Waals surface area contributed by atoms with Crippen LogP contribution in [0.3, 0.4) is 0 Å². The van der Waals surface area contributed by atoms with Crippen LogP contribution in [-0.4, -0.2) is 41.0 Å². The smallest absolute Gasteiger partial charge is 0.142 e. The molecule has 0 bridgehead atoms. The Bertz CT molecular complexity index is 1280. The Kier molecular flexibility index (Phi) is 4.48. The maximum atomic E-state index is 6.01. The molecule has 154 valence electrons. The molecule has 0 amide bonds. The van der Waals surface area contributed by atoms with Gasteiger partial charge in [0.2, 0.25) is 0 Å². The fraction of sp³-hybridized carbons (Fsp3) is 0.400. The summed E-state index contributed by atoms with van der Waals surface area (Å²) in [5, 5.41) is 2.23. The maximum absolute atomic E-state index is 6.01. The van der Waals surface area contributed by atoms with E-state index >= 15 is 0 Å². The van der Waals surface area contributed by atoms with E-state index in [2.05, 4.69) is 56.9 Å². The van der Waals surface area contributed by atoms with Crippen LogP contribution in [0.5, 0.6) is 0 Å². The maximum Gasteiger partial charge on any atom is 0.142 e. The molecule has 2 aliphatic rings. The first-order valence-electron chi connectivity index (χ1n) is 11.4. The van der Waals surface area contributed by atoms with Crippen LogP contribution in [0.1, 0.15) is 42.9 Å². The number of anilines is 1. The molecule has 6 rings (SSSR count). The minimum absolute atomic E-state index is 0.508. The molecule has 31 heavy (non-hydrogen) atoms. The van der Waals surface area contributed by atoms with E-state index in [0.717, 1.165) is 47.7 Å². The third-order valence-corrected chi connectivity index (χ3v) is 7.30. The summed E-state index contributed by atoms with van der Waals surface area (Å²) in [5.74, 6) is 1.91. The van der Waals surface area contributed by atoms with Crippen molar-refractivity contribution in [1.82, 2.24) is 19.5 Å². The Morgan fingerprint density at radius 1 is 1.13 bits per heavy atom. The van der Waals surface area contributed by atoms with Crippen LogP contribution in [0, 0.1) is 5.92 Å². The lowest BCUT2D eigenvalue weighted by molar-refractivity contribution is 0.461. The topological polar surface area (TPSA) is 46.8 Å². The highest BCUT2D eigenvalue weighted by molar-refractivity contribution is 6.36. The largest absolute Gasteiger partial charge is 0.359 e. The molecule has 5 nitrogen and oxygen atoms in total. The van der Waals surface area contributed by atoms with E-state index in [-0.39, 0.29) is 0 Å². The van der Waals surface area contributed by atoms with Crippen molar-refractivity contribution in [2.24, 2.45) is 5.92 Å². The quantitative estimate of drug-likeness (QED) is 0.484. The lowest BCUT2D eigenvalue weighted by atomic mass is 9.97. The van der Waals surface area contributed by atoms with Crippen LogP contribution in [-0.2, 0) is 12.8 Å². The molecule has 4 heterocycles. The first-order valence-corrected chi connectivity index (χ1v) is 11.4. The highest BCUT2D eigenvalue weighted by Gasteiger charge is 2.27. The molecule has 1 aromatic carbocycles. The predicted octanol–water partition coefficient (Wildman–Crippen LogP) is 3.74. The van der Waals surface area contributed by atoms with Gasteiger partial charge in [-0.25, -0.2) is 9.97 Å². The third-order valence-electron chi connectivity index (χ3n) is 7.30. The highest BCUT2D eigenvalue weighted by Crippen LogP contribution is 2.38. The Balaban J connectivity index is 1.15. The normalized spacial score (nSPS) is 20.7. The zero-order chi connectivity index (χ0) is 20.9. The monoisotopic (exact) mass is 407 g/mol. The van der Waals surface area contributed by atoms with Crippen LogP contribution in [0.15, 0.2) is 42.9 Å². The SMILES string of the molecule is [B]c1ncnc2c1ccn2C1CCC(CCc2ccc3cc4c(nc3c2)N(C)CC4)C1. The number of nitrogens with zero attached hydrogens (tertiary/aromatic N) is 5. The molecule has 4 aromatic rings. The zero-order valence-electron chi connectivity index (χ0n) is 18.0. The second-order valence-electron chi connectivity index (χ2n) is 9.26. The molecule has 2 radical (unpaired) electrons. The lowest BCUT2D eigenvalue weighted by Gasteiger charge is -2.15. The molecule has 2 atom stereocenters. The summed E-state index contributed by atoms with van der Waals surface area (Å²) in [5.41, 5.74) is 5.45. The van der Waals surface area contributed by atoms with Crippen molar-refractivity contribution in [2.75, 3.05) is 18.5 Å². The van der Waals surface area contributed by atoms with Crippen molar-refractivity contribution in [1.29, 1.82) is 0 Å². The molecule has 1 saturated carbocycles. The van der Waals surface area contributed by atoms with Crippen LogP contribution in [0.2, 0.25) is 0 Å². The molecular formula is C25H26BN5. The average Bonchev–Trinajstić information content (AvgIpc) is 3.50. The molecule has 2 unspecified atom stereocenters. The number of pyridine rings is 1. The summed E-state index contributed by atoms with van der Waals surface area (Å²) >= 11 is 0. The third kappa shape index (κ3) is 3.29. The number of hydrogen-bond acceptors (Lipinski definition) is 4. The van der Waals surface area contributed by atoms with Crippen molar-refractivity contribution < 1.29 is 0 Å². The molecule has 3 aromatic heterocycles. The molecular weight excluding hydrogens is 381 g/mol. The standard InChI is InChI=1S/C25H26BN5/c1-30-10-8-19-14-18-6-4-17(13-22(18)29-24(19)30)3-2-16-5-7-20(12-16)31-11-9-21-23(26)27-15-28-25(21)31/h4,6,9,11,13-16,20H,2-3,5,7-8,10,12H2,1H3. The van der Waals surface area contributed by atoms with Crippen LogP contribution in [0.4, 0.5) is 5.82 Å². The van der Waals surface area contributed by atoms with Gasteiger partial charge < -0.3 is 9.47 Å². The molecule has 0 N–H and O–H groups in total. The molecule has 6 heteroatoms. The number of hydrogen-bond donors (Lipinski definition) is 0. The van der Waals surface area contributed by atoms with Crippen molar-refractivity contribution in [3.05, 3.63) is 54.0 Å². The van der Waals surface area contributed by atoms with E-state index < -0.39 is 0 Å². The summed E-state index contributed by atoms with van der Waals surface area (Å²) in [6, 6.07) is 11.7. The Labute approximate surface area is 183 Å². The van der Waals surface area contributed by atoms with E-state index in [0.29, 0.717) is 11.6 Å². The Hall–Kier alpha value is -2.89. The summed E-state index contributed by atoms with van der Waals surface area (Å²) in [6.45, 7) is 1.07. The molecule has 1 fully saturated rings. The van der Waals surface area contributed by atoms with E-state index in [1.165, 1.54) is 42.2 Å². The van der Waals surface area contributed by atoms with Crippen molar-refractivity contribution in [3.63, 3.8) is 0 Å². The fourth-order valence-electron chi connectivity index (χ4n) is 5.53. The Morgan fingerprint density at radius 2 is 2.06 bits per heavy atom. The minimum atomic E-state index is 0.508. The number of rotatable bonds is 4. The van der Waals surface area contributed by atoms with Crippen LogP contribution < -0.4 is 10.5 Å². The first-order chi connectivity index (χ1) is 15.2. The molecule has 0 spiro atoms. The molecule has 1 aliphatic carbocycles. The number of aromatic nitrogens is 4. The second kappa shape index (κ2) is 7.36. The summed E-state index contributed by atoms with van der Waals surface area (Å²) in [6.07, 6.45) is 10.8. The van der Waals surface area contributed by atoms with Crippen molar-refractivity contribution in [3.8, 4) is 0 Å². The van der Waals surface area contributed by atoms with Gasteiger partial charge in [-0.3, -0.25) is 4.98 Å². The summed E-state index contributed by atoms with van der Waals surface area (Å²) in [4.78, 5) is 15.8. The number of benzene rings is 1. The zero-order valence-corrected chi connectivity index (χ0v) is 18.0. The van der Waals surface area contributed by atoms with E-state index in [1.54, 1.807) is 6.33 Å². The molecule has 0 saturated heterocycles. The van der Waals surface area contributed by atoms with Gasteiger partial charge in [-0.1, -0.05) is 12.1 Å². The summed E-state index contributed by atoms with van der Waals surface area (Å²) < 4.78 is 2.31. The van der Waals surface area contributed by atoms with Gasteiger partial charge in [0.25, 0.3) is 0 Å². The van der Waals surface area contributed by atoms with Gasteiger partial charge in [-0.2, -0.15) is 0 Å². The molecule has 1 aliphatic heterocycles. The van der Waals surface area contributed by atoms with Crippen molar-refractivity contribution in [2.45, 2.75) is 44.6 Å². The predicted molar refractivity (Wildman–Crippen MR) is 126 cm³/mol. The van der Waals surface area contributed by atoms with Gasteiger partial charge in [0, 0.05) is 42.2 Å². The van der Waals surface area contributed by atoms with Gasteiger partial charge in [-0.15, -0.1) is 0 Å². The number of aryl methyl sites for hydroxylation is 1. The average molecular weight is 407 g/mol. The van der Waals surface area contributed by atoms with E-state index in [1.807, 2.05) is 6.07 Å². The summed E-state index contributed by atoms with van der Waals surface area (Å²) in [7, 11) is 8.15. The van der Waals surface area contributed by atoms with Gasteiger partial charge in [0.05, 0.1) is 5.52 Å². The van der Waals surface area contributed by atoms with Gasteiger partial charge in [0.1, 0.15) is 25.6 Å². The van der Waals surface area contributed by atoms with Gasteiger partial charge >= 0.3 is 0 Å². The lowest BCUT2D eigenvalue weighted by Crippen LogP contribution is -2.13. The fourth-order valence-corrected chi connectivity index (χ4v) is 5.53. The second-order valence-corrected chi connectivity index (χ2v) is 9.26. The Morgan fingerprint density at radius 3 is 3.00 bits per heavy atom. The van der Waals surface area contributed by atoms with Crippen LogP contribution in [0.25, 0.3) is 21.9 Å². The van der Waals surface area contributed by atoms with Crippen molar-refractivity contribution >= 4 is 41.2 Å². The van der Waals surface area contributed by atoms with Gasteiger partial charge in [-0.05, 0) is 73.8 Å². The number of fused-ring (bicyclic) bond motifs is 3. The van der Waals surface area contributed by atoms with E-state index in [9.17, 15) is 0 Å². The highest BCUT2D eigenvalue weighted by atomic mass is 15.2. The van der Waals surface area contributed by atoms with Crippen LogP contribution >= 0.6 is 0 Å². The first kappa shape index (κ1) is 18.8. The van der Waals surface area contributed by atoms with Gasteiger partial charge in [0.15, 0.2) is 0 Å². The van der Waals surface area contributed by atoms with E-state index in [4.69, 9.17) is 12.8 Å². The minimum Gasteiger partial charge on any atom is -0.359 e. The number of likely N-dealkylation sites (N-methyl/N-ethyl adjacent to an activating group) is 1.